The lowest BCUT2D eigenvalue weighted by Crippen LogP contribution is -2.28. The Morgan fingerprint density at radius 1 is 1.23 bits per heavy atom. The fraction of sp³-hybridized carbons (Fsp3) is 0.250. The smallest absolute Gasteiger partial charge is 0.343 e. The molecule has 22 heavy (non-hydrogen) atoms. The van der Waals surface area contributed by atoms with E-state index in [2.05, 4.69) is 15.5 Å². The molecule has 1 heterocycles. The number of benzene rings is 1. The van der Waals surface area contributed by atoms with Gasteiger partial charge in [0.05, 0.1) is 5.56 Å². The number of hydrogen-bond donors (Lipinski definition) is 2. The van der Waals surface area contributed by atoms with Gasteiger partial charge in [0, 0.05) is 13.1 Å². The molecule has 10 heteroatoms. The van der Waals surface area contributed by atoms with Gasteiger partial charge < -0.3 is 5.32 Å². The number of nitrogens with one attached hydrogen (secondary N) is 2. The van der Waals surface area contributed by atoms with E-state index in [9.17, 15) is 27.2 Å². The van der Waals surface area contributed by atoms with Crippen LogP contribution in [-0.4, -0.2) is 27.2 Å². The van der Waals surface area contributed by atoms with Crippen molar-refractivity contribution in [3.05, 3.63) is 51.7 Å². The van der Waals surface area contributed by atoms with E-state index in [0.29, 0.717) is 6.42 Å². The first-order valence-corrected chi connectivity index (χ1v) is 6.12. The van der Waals surface area contributed by atoms with E-state index in [1.165, 1.54) is 10.9 Å². The zero-order chi connectivity index (χ0) is 16.3. The number of carbonyl (C=O) groups excluding carboxylic acids is 1. The summed E-state index contributed by atoms with van der Waals surface area (Å²) in [5.74, 6) is -8.53. The molecule has 0 aliphatic heterocycles. The predicted molar refractivity (Wildman–Crippen MR) is 66.1 cm³/mol. The first-order chi connectivity index (χ1) is 10.4. The summed E-state index contributed by atoms with van der Waals surface area (Å²) < 4.78 is 53.4. The normalized spacial score (nSPS) is 10.7. The molecule has 1 aromatic heterocycles. The lowest BCUT2D eigenvalue weighted by atomic mass is 10.1. The van der Waals surface area contributed by atoms with E-state index in [0.717, 1.165) is 0 Å². The van der Waals surface area contributed by atoms with Gasteiger partial charge in [0.2, 0.25) is 0 Å². The highest BCUT2D eigenvalue weighted by Crippen LogP contribution is 2.18. The molecule has 0 saturated heterocycles. The molecule has 0 radical (unpaired) electrons. The van der Waals surface area contributed by atoms with Crippen LogP contribution in [0.2, 0.25) is 0 Å². The van der Waals surface area contributed by atoms with Gasteiger partial charge in [0.1, 0.15) is 6.33 Å². The molecule has 0 fully saturated rings. The van der Waals surface area contributed by atoms with Crippen LogP contribution >= 0.6 is 0 Å². The average Bonchev–Trinajstić information content (AvgIpc) is 2.90. The first kappa shape index (κ1) is 15.7. The first-order valence-electron chi connectivity index (χ1n) is 6.12. The molecule has 1 amide bonds. The van der Waals surface area contributed by atoms with E-state index in [1.54, 1.807) is 0 Å². The highest BCUT2D eigenvalue weighted by molar-refractivity contribution is 5.94. The van der Waals surface area contributed by atoms with Crippen LogP contribution in [0.1, 0.15) is 16.8 Å². The third-order valence-corrected chi connectivity index (χ3v) is 2.83. The van der Waals surface area contributed by atoms with Crippen LogP contribution in [0.25, 0.3) is 0 Å². The second-order valence-corrected chi connectivity index (χ2v) is 4.31. The van der Waals surface area contributed by atoms with Gasteiger partial charge in [0.15, 0.2) is 23.3 Å². The molecular formula is C12H10F4N4O2. The standard InChI is InChI=1S/C12H10F4N4O2/c13-7-4-6(8(14)10(16)9(7)15)11(21)17-2-1-3-20-5-18-19-12(20)22/h4-5H,1-3H2,(H,17,21)(H,19,22). The van der Waals surface area contributed by atoms with E-state index in [1.807, 2.05) is 0 Å². The van der Waals surface area contributed by atoms with Gasteiger partial charge in [-0.2, -0.15) is 5.10 Å². The Bertz CT molecular complexity index is 756. The van der Waals surface area contributed by atoms with Crippen LogP contribution in [0.15, 0.2) is 17.2 Å². The van der Waals surface area contributed by atoms with Crippen molar-refractivity contribution in [3.8, 4) is 0 Å². The number of halogens is 4. The van der Waals surface area contributed by atoms with Gasteiger partial charge in [-0.15, -0.1) is 0 Å². The van der Waals surface area contributed by atoms with Crippen LogP contribution in [0.4, 0.5) is 17.6 Å². The minimum Gasteiger partial charge on any atom is -0.352 e. The van der Waals surface area contributed by atoms with Crippen molar-refractivity contribution in [1.82, 2.24) is 20.1 Å². The number of amides is 1. The Hall–Kier alpha value is -2.65. The molecule has 6 nitrogen and oxygen atoms in total. The number of H-pyrrole nitrogens is 1. The van der Waals surface area contributed by atoms with E-state index in [4.69, 9.17) is 0 Å². The van der Waals surface area contributed by atoms with Crippen molar-refractivity contribution >= 4 is 5.91 Å². The summed E-state index contributed by atoms with van der Waals surface area (Å²) in [7, 11) is 0. The maximum atomic E-state index is 13.4. The minimum atomic E-state index is -2.05. The highest BCUT2D eigenvalue weighted by Gasteiger charge is 2.22. The highest BCUT2D eigenvalue weighted by atomic mass is 19.2. The molecule has 0 spiro atoms. The van der Waals surface area contributed by atoms with Crippen LogP contribution < -0.4 is 11.0 Å². The summed E-state index contributed by atoms with van der Waals surface area (Å²) in [6.07, 6.45) is 1.55. The monoisotopic (exact) mass is 318 g/mol. The number of nitrogens with zero attached hydrogens (tertiary/aromatic N) is 2. The maximum absolute atomic E-state index is 13.4. The van der Waals surface area contributed by atoms with Gasteiger partial charge >= 0.3 is 5.69 Å². The number of aromatic nitrogens is 3. The van der Waals surface area contributed by atoms with Crippen molar-refractivity contribution < 1.29 is 22.4 Å². The minimum absolute atomic E-state index is 0.0104. The van der Waals surface area contributed by atoms with E-state index < -0.39 is 40.4 Å². The molecule has 1 aromatic carbocycles. The molecule has 2 N–H and O–H groups in total. The van der Waals surface area contributed by atoms with E-state index >= 15 is 0 Å². The Kier molecular flexibility index (Phi) is 4.59. The molecule has 0 aliphatic rings. The number of aromatic amines is 1. The summed E-state index contributed by atoms with van der Waals surface area (Å²) >= 11 is 0. The zero-order valence-corrected chi connectivity index (χ0v) is 11.0. The summed E-state index contributed by atoms with van der Waals surface area (Å²) in [6, 6.07) is 0.281. The molecule has 118 valence electrons. The number of carbonyl (C=O) groups is 1. The fourth-order valence-electron chi connectivity index (χ4n) is 1.71. The summed E-state index contributed by atoms with van der Waals surface area (Å²) in [4.78, 5) is 22.7. The van der Waals surface area contributed by atoms with Gasteiger partial charge in [0.25, 0.3) is 5.91 Å². The summed E-state index contributed by atoms with van der Waals surface area (Å²) in [5, 5.41) is 7.88. The van der Waals surface area contributed by atoms with Crippen molar-refractivity contribution in [1.29, 1.82) is 0 Å². The third-order valence-electron chi connectivity index (χ3n) is 2.83. The van der Waals surface area contributed by atoms with Crippen LogP contribution in [-0.2, 0) is 6.54 Å². The van der Waals surface area contributed by atoms with Gasteiger partial charge in [-0.05, 0) is 12.5 Å². The van der Waals surface area contributed by atoms with Crippen molar-refractivity contribution in [2.45, 2.75) is 13.0 Å². The van der Waals surface area contributed by atoms with E-state index in [-0.39, 0.29) is 19.2 Å². The number of aryl methyl sites for hydroxylation is 1. The lowest BCUT2D eigenvalue weighted by Gasteiger charge is -2.07. The molecule has 0 saturated carbocycles. The largest absolute Gasteiger partial charge is 0.352 e. The predicted octanol–water partition coefficient (Wildman–Crippen LogP) is 0.948. The zero-order valence-electron chi connectivity index (χ0n) is 11.0. The molecule has 0 aliphatic carbocycles. The quantitative estimate of drug-likeness (QED) is 0.373. The Balaban J connectivity index is 1.96. The second-order valence-electron chi connectivity index (χ2n) is 4.31. The molecule has 2 aromatic rings. The van der Waals surface area contributed by atoms with Crippen LogP contribution in [0, 0.1) is 23.3 Å². The van der Waals surface area contributed by atoms with Crippen molar-refractivity contribution in [2.24, 2.45) is 0 Å². The van der Waals surface area contributed by atoms with Gasteiger partial charge in [-0.3, -0.25) is 9.36 Å². The summed E-state index contributed by atoms with van der Waals surface area (Å²) in [5.41, 5.74) is -1.36. The van der Waals surface area contributed by atoms with Gasteiger partial charge in [-0.25, -0.2) is 27.5 Å². The Labute approximate surface area is 120 Å². The fourth-order valence-corrected chi connectivity index (χ4v) is 1.71. The Morgan fingerprint density at radius 2 is 1.95 bits per heavy atom. The molecule has 0 unspecified atom stereocenters. The number of hydrogen-bond acceptors (Lipinski definition) is 3. The second kappa shape index (κ2) is 6.41. The number of rotatable bonds is 5. The van der Waals surface area contributed by atoms with Gasteiger partial charge in [-0.1, -0.05) is 0 Å². The van der Waals surface area contributed by atoms with Crippen LogP contribution in [0.5, 0.6) is 0 Å². The lowest BCUT2D eigenvalue weighted by molar-refractivity contribution is 0.0946. The molecule has 0 atom stereocenters. The molecule has 0 bridgehead atoms. The van der Waals surface area contributed by atoms with Crippen LogP contribution in [0.3, 0.4) is 0 Å². The topological polar surface area (TPSA) is 79.8 Å². The molecule has 2 rings (SSSR count). The Morgan fingerprint density at radius 3 is 2.59 bits per heavy atom. The van der Waals surface area contributed by atoms with Crippen molar-refractivity contribution in [2.75, 3.05) is 6.54 Å². The van der Waals surface area contributed by atoms with Crippen molar-refractivity contribution in [3.63, 3.8) is 0 Å². The third kappa shape index (κ3) is 3.15. The average molecular weight is 318 g/mol. The molecular weight excluding hydrogens is 308 g/mol. The summed E-state index contributed by atoms with van der Waals surface area (Å²) in [6.45, 7) is 0.237. The maximum Gasteiger partial charge on any atom is 0.343 e. The SMILES string of the molecule is O=C(NCCCn1cn[nH]c1=O)c1cc(F)c(F)c(F)c1F.